The Morgan fingerprint density at radius 2 is 2.45 bits per heavy atom. The molecule has 0 spiro atoms. The number of nitrogen functional groups attached to an aromatic ring is 1. The molecule has 0 aromatic carbocycles. The lowest BCUT2D eigenvalue weighted by Gasteiger charge is -2.02. The van der Waals surface area contributed by atoms with Crippen molar-refractivity contribution in [2.45, 2.75) is 13.5 Å². The molecule has 0 atom stereocenters. The number of hydrogen-bond acceptors (Lipinski definition) is 3. The van der Waals surface area contributed by atoms with E-state index in [1.54, 1.807) is 0 Å². The molecule has 1 aromatic rings. The first-order valence-corrected chi connectivity index (χ1v) is 3.28. The summed E-state index contributed by atoms with van der Waals surface area (Å²) in [7, 11) is 5.36. The van der Waals surface area contributed by atoms with Crippen molar-refractivity contribution in [2.75, 3.05) is 5.73 Å². The second kappa shape index (κ2) is 2.78. The number of aryl methyl sites for hydroxylation is 1. The van der Waals surface area contributed by atoms with Gasteiger partial charge in [-0.05, 0) is 12.4 Å². The summed E-state index contributed by atoms with van der Waals surface area (Å²) in [5, 5.41) is 3.76. The van der Waals surface area contributed by atoms with Crippen LogP contribution in [0.3, 0.4) is 0 Å². The molecule has 0 saturated heterocycles. The van der Waals surface area contributed by atoms with Crippen LogP contribution in [0.2, 0.25) is 0 Å². The summed E-state index contributed by atoms with van der Waals surface area (Å²) in [6.07, 6.45) is 1.38. The molecule has 0 aliphatic rings. The minimum atomic E-state index is -0.326. The van der Waals surface area contributed by atoms with Crippen LogP contribution in [-0.2, 0) is 6.54 Å². The van der Waals surface area contributed by atoms with Crippen molar-refractivity contribution >= 4 is 19.0 Å². The van der Waals surface area contributed by atoms with Crippen LogP contribution in [0.15, 0.2) is 11.0 Å². The van der Waals surface area contributed by atoms with Gasteiger partial charge in [0.05, 0.1) is 11.9 Å². The molecular formula is C6H8BN3O. The number of hydrogen-bond donors (Lipinski definition) is 1. The molecule has 11 heavy (non-hydrogen) atoms. The zero-order valence-electron chi connectivity index (χ0n) is 6.24. The summed E-state index contributed by atoms with van der Waals surface area (Å²) < 4.78 is 1.26. The van der Waals surface area contributed by atoms with Crippen molar-refractivity contribution in [3.8, 4) is 0 Å². The van der Waals surface area contributed by atoms with Gasteiger partial charge in [-0.3, -0.25) is 4.79 Å². The second-order valence-corrected chi connectivity index (χ2v) is 2.13. The number of anilines is 1. The summed E-state index contributed by atoms with van der Waals surface area (Å²) in [6, 6.07) is 0. The molecule has 1 heterocycles. The molecule has 1 rings (SSSR count). The first-order valence-electron chi connectivity index (χ1n) is 3.28. The summed E-state index contributed by atoms with van der Waals surface area (Å²) in [5.41, 5.74) is 5.32. The van der Waals surface area contributed by atoms with Crippen LogP contribution in [0.5, 0.6) is 0 Å². The van der Waals surface area contributed by atoms with Crippen LogP contribution in [0, 0.1) is 0 Å². The Bertz CT molecular complexity index is 320. The predicted octanol–water partition coefficient (Wildman–Crippen LogP) is -1.36. The lowest BCUT2D eigenvalue weighted by molar-refractivity contribution is 0.620. The number of nitrogens with two attached hydrogens (primary N) is 1. The van der Waals surface area contributed by atoms with Gasteiger partial charge >= 0.3 is 0 Å². The monoisotopic (exact) mass is 149 g/mol. The van der Waals surface area contributed by atoms with Gasteiger partial charge < -0.3 is 5.73 Å². The van der Waals surface area contributed by atoms with Crippen molar-refractivity contribution in [2.24, 2.45) is 0 Å². The van der Waals surface area contributed by atoms with E-state index in [2.05, 4.69) is 5.10 Å². The molecule has 0 fully saturated rings. The zero-order valence-corrected chi connectivity index (χ0v) is 6.24. The molecule has 0 bridgehead atoms. The Morgan fingerprint density at radius 3 is 3.00 bits per heavy atom. The van der Waals surface area contributed by atoms with E-state index in [9.17, 15) is 4.79 Å². The van der Waals surface area contributed by atoms with Gasteiger partial charge in [-0.15, -0.1) is 0 Å². The minimum Gasteiger partial charge on any atom is -0.398 e. The third-order valence-electron chi connectivity index (χ3n) is 1.41. The van der Waals surface area contributed by atoms with Gasteiger partial charge in [0.1, 0.15) is 7.85 Å². The molecule has 4 nitrogen and oxygen atoms in total. The van der Waals surface area contributed by atoms with E-state index in [-0.39, 0.29) is 16.7 Å². The highest BCUT2D eigenvalue weighted by molar-refractivity contribution is 6.35. The van der Waals surface area contributed by atoms with Crippen LogP contribution in [0.4, 0.5) is 5.69 Å². The van der Waals surface area contributed by atoms with E-state index >= 15 is 0 Å². The summed E-state index contributed by atoms with van der Waals surface area (Å²) >= 11 is 0. The van der Waals surface area contributed by atoms with Gasteiger partial charge in [0.15, 0.2) is 0 Å². The van der Waals surface area contributed by atoms with Gasteiger partial charge in [0, 0.05) is 6.54 Å². The Kier molecular flexibility index (Phi) is 1.98. The molecule has 0 amide bonds. The number of nitrogens with zero attached hydrogens (tertiary/aromatic N) is 2. The van der Waals surface area contributed by atoms with Crippen LogP contribution in [0.25, 0.3) is 0 Å². The van der Waals surface area contributed by atoms with Crippen molar-refractivity contribution < 1.29 is 0 Å². The van der Waals surface area contributed by atoms with Crippen molar-refractivity contribution in [3.63, 3.8) is 0 Å². The van der Waals surface area contributed by atoms with Gasteiger partial charge in [-0.25, -0.2) is 4.68 Å². The molecule has 56 valence electrons. The molecule has 0 aliphatic carbocycles. The first kappa shape index (κ1) is 7.85. The smallest absolute Gasteiger partial charge is 0.261 e. The molecule has 0 aliphatic heterocycles. The molecular weight excluding hydrogens is 141 g/mol. The Hall–Kier alpha value is -1.26. The average Bonchev–Trinajstić information content (AvgIpc) is 2.01. The van der Waals surface area contributed by atoms with Crippen LogP contribution >= 0.6 is 0 Å². The maximum atomic E-state index is 11.1. The maximum absolute atomic E-state index is 11.1. The lowest BCUT2D eigenvalue weighted by Crippen LogP contribution is -2.37. The Balaban J connectivity index is 3.37. The van der Waals surface area contributed by atoms with Crippen LogP contribution in [0.1, 0.15) is 6.92 Å². The van der Waals surface area contributed by atoms with E-state index in [0.717, 1.165) is 0 Å². The highest BCUT2D eigenvalue weighted by Crippen LogP contribution is 1.85. The summed E-state index contributed by atoms with van der Waals surface area (Å²) in [6.45, 7) is 2.31. The Morgan fingerprint density at radius 1 is 1.82 bits per heavy atom. The van der Waals surface area contributed by atoms with E-state index in [1.807, 2.05) is 6.92 Å². The third kappa shape index (κ3) is 1.26. The second-order valence-electron chi connectivity index (χ2n) is 2.13. The van der Waals surface area contributed by atoms with Crippen molar-refractivity contribution in [3.05, 3.63) is 16.6 Å². The lowest BCUT2D eigenvalue weighted by atomic mass is 9.97. The molecule has 1 aromatic heterocycles. The average molecular weight is 149 g/mol. The normalized spacial score (nSPS) is 9.91. The Labute approximate surface area is 65.4 Å². The molecule has 5 heteroatoms. The molecule has 0 unspecified atom stereocenters. The van der Waals surface area contributed by atoms with Gasteiger partial charge in [0.2, 0.25) is 0 Å². The topological polar surface area (TPSA) is 60.9 Å². The highest BCUT2D eigenvalue weighted by atomic mass is 16.1. The quantitative estimate of drug-likeness (QED) is 0.501. The highest BCUT2D eigenvalue weighted by Gasteiger charge is 2.00. The maximum Gasteiger partial charge on any atom is 0.261 e. The predicted molar refractivity (Wildman–Crippen MR) is 44.0 cm³/mol. The van der Waals surface area contributed by atoms with Gasteiger partial charge in [-0.2, -0.15) is 5.10 Å². The SMILES string of the molecule is [B]c1c(N)cnn(CC)c1=O. The molecule has 2 radical (unpaired) electrons. The fraction of sp³-hybridized carbons (Fsp3) is 0.333. The van der Waals surface area contributed by atoms with Gasteiger partial charge in [0.25, 0.3) is 5.56 Å². The molecule has 0 saturated carbocycles. The third-order valence-corrected chi connectivity index (χ3v) is 1.41. The first-order chi connectivity index (χ1) is 5.16. The van der Waals surface area contributed by atoms with Crippen molar-refractivity contribution in [1.82, 2.24) is 9.78 Å². The molecule has 2 N–H and O–H groups in total. The van der Waals surface area contributed by atoms with Crippen LogP contribution in [-0.4, -0.2) is 17.6 Å². The largest absolute Gasteiger partial charge is 0.398 e. The zero-order chi connectivity index (χ0) is 8.43. The van der Waals surface area contributed by atoms with E-state index in [4.69, 9.17) is 13.6 Å². The van der Waals surface area contributed by atoms with Crippen LogP contribution < -0.4 is 16.8 Å². The standard InChI is InChI=1S/C6H8BN3O/c1-2-10-6(11)5(7)4(8)3-9-10/h3H,2,8H2,1H3. The fourth-order valence-corrected chi connectivity index (χ4v) is 0.742. The number of aromatic nitrogens is 2. The van der Waals surface area contributed by atoms with Gasteiger partial charge in [-0.1, -0.05) is 0 Å². The van der Waals surface area contributed by atoms with E-state index < -0.39 is 0 Å². The fourth-order valence-electron chi connectivity index (χ4n) is 0.742. The van der Waals surface area contributed by atoms with E-state index in [0.29, 0.717) is 6.54 Å². The van der Waals surface area contributed by atoms with Crippen molar-refractivity contribution in [1.29, 1.82) is 0 Å². The minimum absolute atomic E-state index is 0.0712. The number of rotatable bonds is 1. The van der Waals surface area contributed by atoms with E-state index in [1.165, 1.54) is 10.9 Å². The summed E-state index contributed by atoms with van der Waals surface area (Å²) in [5.74, 6) is 0. The summed E-state index contributed by atoms with van der Waals surface area (Å²) in [4.78, 5) is 11.1.